The molecule has 3 rings (SSSR count). The Morgan fingerprint density at radius 1 is 1.03 bits per heavy atom. The highest BCUT2D eigenvalue weighted by atomic mass is 16.5. The smallest absolute Gasteiger partial charge is 0.258 e. The van der Waals surface area contributed by atoms with Gasteiger partial charge in [0.2, 0.25) is 0 Å². The van der Waals surface area contributed by atoms with Gasteiger partial charge in [-0.2, -0.15) is 0 Å². The third-order valence-corrected chi connectivity index (χ3v) is 5.80. The summed E-state index contributed by atoms with van der Waals surface area (Å²) < 4.78 is 5.53. The minimum absolute atomic E-state index is 0.152. The van der Waals surface area contributed by atoms with Crippen molar-refractivity contribution in [2.24, 2.45) is 0 Å². The zero-order valence-corrected chi connectivity index (χ0v) is 19.5. The summed E-state index contributed by atoms with van der Waals surface area (Å²) in [5.74, 6) is -0.111. The van der Waals surface area contributed by atoms with Crippen LogP contribution in [0.2, 0.25) is 0 Å². The number of unbranched alkanes of at least 4 members (excludes halogenated alkanes) is 2. The van der Waals surface area contributed by atoms with E-state index in [0.717, 1.165) is 38.8 Å². The lowest BCUT2D eigenvalue weighted by Gasteiger charge is -2.30. The first kappa shape index (κ1) is 25.7. The highest BCUT2D eigenvalue weighted by Crippen LogP contribution is 2.18. The molecule has 4 N–H and O–H groups in total. The maximum Gasteiger partial charge on any atom is 0.258 e. The first-order valence-corrected chi connectivity index (χ1v) is 11.9. The molecular weight excluding hydrogens is 434 g/mol. The molecule has 184 valence electrons. The molecule has 0 radical (unpaired) electrons. The molecular formula is C26H35N3O5. The summed E-state index contributed by atoms with van der Waals surface area (Å²) in [5, 5.41) is 24.7. The molecule has 2 aromatic carbocycles. The first-order chi connectivity index (χ1) is 16.5. The van der Waals surface area contributed by atoms with Gasteiger partial charge >= 0.3 is 0 Å². The maximum atomic E-state index is 12.2. The van der Waals surface area contributed by atoms with Crippen LogP contribution in [0.3, 0.4) is 0 Å². The van der Waals surface area contributed by atoms with E-state index >= 15 is 0 Å². The van der Waals surface area contributed by atoms with Crippen LogP contribution >= 0.6 is 0 Å². The summed E-state index contributed by atoms with van der Waals surface area (Å²) in [6.07, 6.45) is 2.68. The van der Waals surface area contributed by atoms with Crippen molar-refractivity contribution in [3.05, 3.63) is 65.2 Å². The summed E-state index contributed by atoms with van der Waals surface area (Å²) in [6, 6.07) is 15.0. The largest absolute Gasteiger partial charge is 0.484 e. The van der Waals surface area contributed by atoms with Gasteiger partial charge in [0.1, 0.15) is 5.75 Å². The Kier molecular flexibility index (Phi) is 10.3. The van der Waals surface area contributed by atoms with Crippen LogP contribution in [-0.2, 0) is 17.8 Å². The molecule has 0 saturated heterocycles. The Labute approximate surface area is 200 Å². The fourth-order valence-electron chi connectivity index (χ4n) is 3.95. The zero-order valence-electron chi connectivity index (χ0n) is 19.5. The Hall–Kier alpha value is -2.94. The van der Waals surface area contributed by atoms with Gasteiger partial charge in [0.25, 0.3) is 11.8 Å². The minimum atomic E-state index is -0.668. The molecule has 0 aromatic heterocycles. The van der Waals surface area contributed by atoms with E-state index in [9.17, 15) is 14.7 Å². The van der Waals surface area contributed by atoms with Gasteiger partial charge in [-0.25, -0.2) is 0 Å². The topological polar surface area (TPSA) is 111 Å². The second kappa shape index (κ2) is 13.7. The fraction of sp³-hybridized carbons (Fsp3) is 0.462. The van der Waals surface area contributed by atoms with Gasteiger partial charge in [-0.15, -0.1) is 0 Å². The number of carbonyl (C=O) groups excluding carboxylic acids is 2. The Balaban J connectivity index is 1.34. The molecule has 0 saturated carbocycles. The lowest BCUT2D eigenvalue weighted by molar-refractivity contribution is -0.123. The number of nitrogens with one attached hydrogen (secondary N) is 2. The molecule has 1 heterocycles. The molecule has 0 unspecified atom stereocenters. The molecule has 1 aliphatic heterocycles. The van der Waals surface area contributed by atoms with Crippen LogP contribution < -0.4 is 15.4 Å². The lowest BCUT2D eigenvalue weighted by atomic mass is 10.00. The van der Waals surface area contributed by atoms with E-state index in [1.165, 1.54) is 11.1 Å². The normalized spacial score (nSPS) is 14.2. The van der Waals surface area contributed by atoms with Crippen molar-refractivity contribution in [2.75, 3.05) is 39.4 Å². The number of benzene rings is 2. The van der Waals surface area contributed by atoms with Crippen molar-refractivity contribution in [3.63, 3.8) is 0 Å². The summed E-state index contributed by atoms with van der Waals surface area (Å²) in [7, 11) is 0. The maximum absolute atomic E-state index is 12.2. The van der Waals surface area contributed by atoms with Crippen molar-refractivity contribution < 1.29 is 24.5 Å². The van der Waals surface area contributed by atoms with E-state index in [4.69, 9.17) is 9.84 Å². The molecule has 0 spiro atoms. The molecule has 0 aliphatic carbocycles. The second-order valence-electron chi connectivity index (χ2n) is 8.57. The van der Waals surface area contributed by atoms with E-state index in [2.05, 4.69) is 33.7 Å². The van der Waals surface area contributed by atoms with Crippen LogP contribution in [0, 0.1) is 0 Å². The predicted octanol–water partition coefficient (Wildman–Crippen LogP) is 1.49. The quantitative estimate of drug-likeness (QED) is 0.331. The standard InChI is InChI=1S/C26H35N3O5/c30-14-5-1-4-12-27-26(33)21-9-6-10-24(15-21)34-19-25(32)28-16-23(31)18-29-13-11-20-7-2-3-8-22(20)17-29/h2-3,6-10,15,23,30-31H,1,4-5,11-14,16-19H2,(H,27,33)(H,28,32)/t23-/m1/s1. The Morgan fingerprint density at radius 2 is 1.85 bits per heavy atom. The predicted molar refractivity (Wildman–Crippen MR) is 130 cm³/mol. The number of hydrogen-bond donors (Lipinski definition) is 4. The number of ether oxygens (including phenoxy) is 1. The molecule has 0 bridgehead atoms. The Morgan fingerprint density at radius 3 is 2.68 bits per heavy atom. The van der Waals surface area contributed by atoms with Gasteiger partial charge < -0.3 is 25.6 Å². The van der Waals surface area contributed by atoms with E-state index < -0.39 is 6.10 Å². The van der Waals surface area contributed by atoms with Crippen LogP contribution in [0.5, 0.6) is 5.75 Å². The molecule has 8 heteroatoms. The molecule has 1 aliphatic rings. The SMILES string of the molecule is O=C(COc1cccc(C(=O)NCCCCCO)c1)NC[C@@H](O)CN1CCc2ccccc2C1. The third kappa shape index (κ3) is 8.44. The number of carbonyl (C=O) groups is 2. The highest BCUT2D eigenvalue weighted by Gasteiger charge is 2.18. The minimum Gasteiger partial charge on any atom is -0.484 e. The summed E-state index contributed by atoms with van der Waals surface area (Å²) in [4.78, 5) is 26.6. The number of aliphatic hydroxyl groups is 2. The van der Waals surface area contributed by atoms with Crippen LogP contribution in [0.15, 0.2) is 48.5 Å². The number of rotatable bonds is 13. The molecule has 1 atom stereocenters. The van der Waals surface area contributed by atoms with Crippen molar-refractivity contribution in [3.8, 4) is 5.75 Å². The molecule has 2 aromatic rings. The van der Waals surface area contributed by atoms with Crippen molar-refractivity contribution in [1.29, 1.82) is 0 Å². The molecule has 0 fully saturated rings. The van der Waals surface area contributed by atoms with Crippen molar-refractivity contribution in [2.45, 2.75) is 38.3 Å². The van der Waals surface area contributed by atoms with E-state index in [1.54, 1.807) is 24.3 Å². The molecule has 8 nitrogen and oxygen atoms in total. The second-order valence-corrected chi connectivity index (χ2v) is 8.57. The highest BCUT2D eigenvalue weighted by molar-refractivity contribution is 5.94. The fourth-order valence-corrected chi connectivity index (χ4v) is 3.95. The van der Waals surface area contributed by atoms with Gasteiger partial charge in [-0.3, -0.25) is 14.5 Å². The van der Waals surface area contributed by atoms with Crippen LogP contribution in [0.4, 0.5) is 0 Å². The van der Waals surface area contributed by atoms with E-state index in [0.29, 0.717) is 24.4 Å². The van der Waals surface area contributed by atoms with Crippen LogP contribution in [0.1, 0.15) is 40.7 Å². The number of β-amino-alcohol motifs (C(OH)–C–C–N with tert-alkyl or cyclic N) is 1. The van der Waals surface area contributed by atoms with E-state index in [-0.39, 0.29) is 31.6 Å². The first-order valence-electron chi connectivity index (χ1n) is 11.9. The summed E-state index contributed by atoms with van der Waals surface area (Å²) in [6.45, 7) is 2.84. The summed E-state index contributed by atoms with van der Waals surface area (Å²) in [5.41, 5.74) is 3.10. The van der Waals surface area contributed by atoms with Crippen molar-refractivity contribution in [1.82, 2.24) is 15.5 Å². The zero-order chi connectivity index (χ0) is 24.2. The van der Waals surface area contributed by atoms with Crippen molar-refractivity contribution >= 4 is 11.8 Å². The number of hydrogen-bond acceptors (Lipinski definition) is 6. The number of nitrogens with zero attached hydrogens (tertiary/aromatic N) is 1. The average molecular weight is 470 g/mol. The van der Waals surface area contributed by atoms with Gasteiger partial charge in [0.05, 0.1) is 6.10 Å². The lowest BCUT2D eigenvalue weighted by Crippen LogP contribution is -2.42. The monoisotopic (exact) mass is 469 g/mol. The number of fused-ring (bicyclic) bond motifs is 1. The summed E-state index contributed by atoms with van der Waals surface area (Å²) >= 11 is 0. The van der Waals surface area contributed by atoms with Crippen LogP contribution in [-0.4, -0.2) is 72.4 Å². The molecule has 2 amide bonds. The van der Waals surface area contributed by atoms with Gasteiger partial charge in [-0.1, -0.05) is 30.3 Å². The van der Waals surface area contributed by atoms with Gasteiger partial charge in [0, 0.05) is 44.9 Å². The average Bonchev–Trinajstić information content (AvgIpc) is 2.86. The Bertz CT molecular complexity index is 936. The van der Waals surface area contributed by atoms with Gasteiger partial charge in [0.15, 0.2) is 6.61 Å². The van der Waals surface area contributed by atoms with Gasteiger partial charge in [-0.05, 0) is 55.0 Å². The number of aliphatic hydroxyl groups excluding tert-OH is 2. The van der Waals surface area contributed by atoms with E-state index in [1.807, 2.05) is 6.07 Å². The van der Waals surface area contributed by atoms with Crippen LogP contribution in [0.25, 0.3) is 0 Å². The third-order valence-electron chi connectivity index (χ3n) is 5.80. The molecule has 34 heavy (non-hydrogen) atoms. The number of amides is 2.